The minimum atomic E-state index is -4.55. The van der Waals surface area contributed by atoms with Crippen LogP contribution in [-0.4, -0.2) is 53.0 Å². The summed E-state index contributed by atoms with van der Waals surface area (Å²) < 4.78 is 46.8. The maximum atomic E-state index is 13.2. The molecule has 4 rings (SSSR count). The second-order valence-corrected chi connectivity index (χ2v) is 8.25. The second kappa shape index (κ2) is 7.28. The monoisotopic (exact) mass is 409 g/mol. The number of halogens is 3. The van der Waals surface area contributed by atoms with E-state index in [9.17, 15) is 13.2 Å². The first-order valence-corrected chi connectivity index (χ1v) is 9.84. The van der Waals surface area contributed by atoms with Crippen molar-refractivity contribution in [3.05, 3.63) is 29.6 Å². The summed E-state index contributed by atoms with van der Waals surface area (Å²) in [4.78, 5) is 6.16. The van der Waals surface area contributed by atoms with Crippen molar-refractivity contribution in [1.29, 1.82) is 0 Å². The van der Waals surface area contributed by atoms with Crippen molar-refractivity contribution in [2.75, 3.05) is 39.1 Å². The van der Waals surface area contributed by atoms with Crippen LogP contribution in [0.15, 0.2) is 18.3 Å². The fourth-order valence-electron chi connectivity index (χ4n) is 4.51. The van der Waals surface area contributed by atoms with Crippen LogP contribution >= 0.6 is 0 Å². The number of alkyl halides is 3. The molecule has 0 radical (unpaired) electrons. The standard InChI is InChI=1S/C20H26F3N5O/c1-11(2)28-17(18-13-9-27(4-5-29-3)10-14(13)18)7-16(26-28)12-6-15(20(21,22)23)19(24)25-8-12/h6-8,11,13-14,18H,4-5,9-10H2,1-3H3,(H2,24,25)/t13-,14-/m1/s1. The number of piperidine rings is 1. The van der Waals surface area contributed by atoms with Gasteiger partial charge in [0.2, 0.25) is 0 Å². The Bertz CT molecular complexity index is 883. The molecule has 6 nitrogen and oxygen atoms in total. The molecule has 158 valence electrons. The highest BCUT2D eigenvalue weighted by atomic mass is 19.4. The van der Waals surface area contributed by atoms with Gasteiger partial charge in [-0.05, 0) is 37.8 Å². The van der Waals surface area contributed by atoms with E-state index in [4.69, 9.17) is 10.5 Å². The molecule has 2 N–H and O–H groups in total. The number of nitrogens with two attached hydrogens (primary N) is 1. The zero-order valence-electron chi connectivity index (χ0n) is 16.8. The maximum absolute atomic E-state index is 13.2. The van der Waals surface area contributed by atoms with E-state index < -0.39 is 17.6 Å². The Balaban J connectivity index is 1.60. The van der Waals surface area contributed by atoms with Gasteiger partial charge < -0.3 is 15.4 Å². The third-order valence-corrected chi connectivity index (χ3v) is 6.00. The summed E-state index contributed by atoms with van der Waals surface area (Å²) in [5.74, 6) is 1.03. The van der Waals surface area contributed by atoms with Gasteiger partial charge in [0.25, 0.3) is 0 Å². The molecule has 9 heteroatoms. The van der Waals surface area contributed by atoms with E-state index in [1.807, 2.05) is 24.6 Å². The number of hydrogen-bond acceptors (Lipinski definition) is 5. The average Bonchev–Trinajstić information content (AvgIpc) is 3.00. The summed E-state index contributed by atoms with van der Waals surface area (Å²) >= 11 is 0. The van der Waals surface area contributed by atoms with Gasteiger partial charge >= 0.3 is 6.18 Å². The molecule has 1 saturated heterocycles. The van der Waals surface area contributed by atoms with Crippen LogP contribution in [0.1, 0.15) is 37.1 Å². The van der Waals surface area contributed by atoms with Crippen LogP contribution in [0.2, 0.25) is 0 Å². The lowest BCUT2D eigenvalue weighted by Crippen LogP contribution is -2.28. The smallest absolute Gasteiger partial charge is 0.383 e. The fourth-order valence-corrected chi connectivity index (χ4v) is 4.51. The van der Waals surface area contributed by atoms with E-state index in [1.54, 1.807) is 7.11 Å². The maximum Gasteiger partial charge on any atom is 0.419 e. The van der Waals surface area contributed by atoms with Crippen molar-refractivity contribution in [2.45, 2.75) is 32.0 Å². The number of methoxy groups -OCH3 is 1. The first-order valence-electron chi connectivity index (χ1n) is 9.84. The highest BCUT2D eigenvalue weighted by Gasteiger charge is 2.57. The van der Waals surface area contributed by atoms with Gasteiger partial charge in [-0.15, -0.1) is 0 Å². The molecular weight excluding hydrogens is 383 g/mol. The predicted octanol–water partition coefficient (Wildman–Crippen LogP) is 3.42. The van der Waals surface area contributed by atoms with Crippen molar-refractivity contribution < 1.29 is 17.9 Å². The molecule has 0 unspecified atom stereocenters. The lowest BCUT2D eigenvalue weighted by molar-refractivity contribution is -0.137. The van der Waals surface area contributed by atoms with E-state index in [0.29, 0.717) is 29.0 Å². The molecule has 0 bridgehead atoms. The highest BCUT2D eigenvalue weighted by molar-refractivity contribution is 5.63. The number of nitrogen functional groups attached to an aromatic ring is 1. The molecule has 0 amide bonds. The van der Waals surface area contributed by atoms with Crippen LogP contribution in [0.4, 0.5) is 19.0 Å². The Labute approximate surface area is 167 Å². The Morgan fingerprint density at radius 3 is 2.52 bits per heavy atom. The molecule has 1 saturated carbocycles. The van der Waals surface area contributed by atoms with Gasteiger partial charge in [0, 0.05) is 56.2 Å². The lowest BCUT2D eigenvalue weighted by atomic mass is 10.1. The number of fused-ring (bicyclic) bond motifs is 1. The summed E-state index contributed by atoms with van der Waals surface area (Å²) in [7, 11) is 1.71. The van der Waals surface area contributed by atoms with Crippen molar-refractivity contribution in [3.63, 3.8) is 0 Å². The van der Waals surface area contributed by atoms with E-state index in [2.05, 4.69) is 15.0 Å². The molecule has 3 heterocycles. The number of aromatic nitrogens is 3. The van der Waals surface area contributed by atoms with Crippen LogP contribution in [-0.2, 0) is 10.9 Å². The van der Waals surface area contributed by atoms with Gasteiger partial charge in [-0.25, -0.2) is 4.98 Å². The van der Waals surface area contributed by atoms with Crippen molar-refractivity contribution in [1.82, 2.24) is 19.7 Å². The van der Waals surface area contributed by atoms with Crippen molar-refractivity contribution >= 4 is 5.82 Å². The predicted molar refractivity (Wildman–Crippen MR) is 103 cm³/mol. The Kier molecular flexibility index (Phi) is 5.06. The summed E-state index contributed by atoms with van der Waals surface area (Å²) in [6.07, 6.45) is -3.18. The Hall–Kier alpha value is -2.13. The number of pyridine rings is 1. The molecule has 0 spiro atoms. The minimum absolute atomic E-state index is 0.119. The number of ether oxygens (including phenoxy) is 1. The number of anilines is 1. The van der Waals surface area contributed by atoms with Gasteiger partial charge in [0.15, 0.2) is 0 Å². The third-order valence-electron chi connectivity index (χ3n) is 6.00. The molecule has 0 aromatic carbocycles. The number of rotatable bonds is 6. The first-order chi connectivity index (χ1) is 13.7. The summed E-state index contributed by atoms with van der Waals surface area (Å²) in [6, 6.07) is 3.09. The zero-order valence-corrected chi connectivity index (χ0v) is 16.8. The molecule has 2 fully saturated rings. The fraction of sp³-hybridized carbons (Fsp3) is 0.600. The summed E-state index contributed by atoms with van der Waals surface area (Å²) in [5.41, 5.74) is 6.45. The highest BCUT2D eigenvalue weighted by Crippen LogP contribution is 2.58. The number of hydrogen-bond donors (Lipinski definition) is 1. The Morgan fingerprint density at radius 1 is 1.24 bits per heavy atom. The van der Waals surface area contributed by atoms with Crippen molar-refractivity contribution in [2.24, 2.45) is 11.8 Å². The van der Waals surface area contributed by atoms with Crippen molar-refractivity contribution in [3.8, 4) is 11.3 Å². The van der Waals surface area contributed by atoms with E-state index in [1.165, 1.54) is 6.20 Å². The van der Waals surface area contributed by atoms with E-state index in [0.717, 1.165) is 38.0 Å². The molecule has 2 aromatic heterocycles. The summed E-state index contributed by atoms with van der Waals surface area (Å²) in [5, 5.41) is 4.62. The van der Waals surface area contributed by atoms with Gasteiger partial charge in [-0.3, -0.25) is 4.68 Å². The molecule has 29 heavy (non-hydrogen) atoms. The molecule has 2 atom stereocenters. The molecule has 1 aliphatic heterocycles. The SMILES string of the molecule is COCCN1C[C@H]2C(c3cc(-c4cnc(N)c(C(F)(F)F)c4)nn3C(C)C)[C@@H]2C1. The second-order valence-electron chi connectivity index (χ2n) is 8.25. The van der Waals surface area contributed by atoms with Gasteiger partial charge in [-0.2, -0.15) is 18.3 Å². The third kappa shape index (κ3) is 3.73. The van der Waals surface area contributed by atoms with Crippen LogP contribution in [0.3, 0.4) is 0 Å². The largest absolute Gasteiger partial charge is 0.419 e. The van der Waals surface area contributed by atoms with Gasteiger partial charge in [-0.1, -0.05) is 0 Å². The quantitative estimate of drug-likeness (QED) is 0.792. The minimum Gasteiger partial charge on any atom is -0.383 e. The molecule has 1 aliphatic carbocycles. The van der Waals surface area contributed by atoms with Gasteiger partial charge in [0.1, 0.15) is 5.82 Å². The van der Waals surface area contributed by atoms with E-state index in [-0.39, 0.29) is 6.04 Å². The number of nitrogens with zero attached hydrogens (tertiary/aromatic N) is 4. The van der Waals surface area contributed by atoms with Gasteiger partial charge in [0.05, 0.1) is 17.9 Å². The molecular formula is C20H26F3N5O. The lowest BCUT2D eigenvalue weighted by Gasteiger charge is -2.19. The molecule has 2 aliphatic rings. The molecule has 2 aromatic rings. The first kappa shape index (κ1) is 20.2. The normalized spacial score (nSPS) is 24.3. The van der Waals surface area contributed by atoms with Crippen LogP contribution in [0.25, 0.3) is 11.3 Å². The number of likely N-dealkylation sites (tertiary alicyclic amines) is 1. The van der Waals surface area contributed by atoms with E-state index >= 15 is 0 Å². The topological polar surface area (TPSA) is 69.2 Å². The van der Waals surface area contributed by atoms with Crippen LogP contribution in [0.5, 0.6) is 0 Å². The van der Waals surface area contributed by atoms with Crippen LogP contribution < -0.4 is 5.73 Å². The average molecular weight is 409 g/mol. The van der Waals surface area contributed by atoms with Crippen LogP contribution in [0, 0.1) is 11.8 Å². The Morgan fingerprint density at radius 2 is 1.93 bits per heavy atom. The zero-order chi connectivity index (χ0) is 20.9. The summed E-state index contributed by atoms with van der Waals surface area (Å²) in [6.45, 7) is 7.78.